The monoisotopic (exact) mass is 316 g/mol. The van der Waals surface area contributed by atoms with Crippen LogP contribution in [-0.2, 0) is 6.42 Å². The number of benzene rings is 1. The Labute approximate surface area is 117 Å². The number of hydrogen-bond donors (Lipinski definition) is 0. The molecule has 2 atom stereocenters. The Balaban J connectivity index is 2.38. The van der Waals surface area contributed by atoms with Gasteiger partial charge in [-0.15, -0.1) is 11.6 Å². The Morgan fingerprint density at radius 1 is 1.29 bits per heavy atom. The van der Waals surface area contributed by atoms with E-state index in [1.165, 1.54) is 5.56 Å². The Kier molecular flexibility index (Phi) is 4.04. The van der Waals surface area contributed by atoms with E-state index in [4.69, 9.17) is 16.3 Å². The highest BCUT2D eigenvalue weighted by Gasteiger charge is 2.26. The van der Waals surface area contributed by atoms with Crippen molar-refractivity contribution < 1.29 is 4.74 Å². The molecule has 1 nitrogen and oxygen atoms in total. The highest BCUT2D eigenvalue weighted by molar-refractivity contribution is 9.10. The van der Waals surface area contributed by atoms with Gasteiger partial charge in [0.05, 0.1) is 12.0 Å². The lowest BCUT2D eigenvalue weighted by Crippen LogP contribution is -2.11. The molecule has 17 heavy (non-hydrogen) atoms. The molecule has 1 aromatic rings. The fourth-order valence-corrected chi connectivity index (χ4v) is 3.10. The molecule has 2 rings (SSSR count). The van der Waals surface area contributed by atoms with Gasteiger partial charge in [-0.05, 0) is 29.5 Å². The molecule has 0 bridgehead atoms. The first-order chi connectivity index (χ1) is 8.00. The smallest absolute Gasteiger partial charge is 0.127 e. The molecule has 3 heteroatoms. The third kappa shape index (κ3) is 2.63. The van der Waals surface area contributed by atoms with E-state index >= 15 is 0 Å². The largest absolute Gasteiger partial charge is 0.493 e. The maximum absolute atomic E-state index is 6.61. The van der Waals surface area contributed by atoms with Crippen LogP contribution >= 0.6 is 27.5 Å². The summed E-state index contributed by atoms with van der Waals surface area (Å²) in [5.74, 6) is 2.01. The number of rotatable bonds is 3. The van der Waals surface area contributed by atoms with Gasteiger partial charge in [-0.3, -0.25) is 0 Å². The van der Waals surface area contributed by atoms with Crippen molar-refractivity contribution in [2.24, 2.45) is 11.8 Å². The van der Waals surface area contributed by atoms with Crippen molar-refractivity contribution >= 4 is 27.5 Å². The van der Waals surface area contributed by atoms with Gasteiger partial charge in [0.15, 0.2) is 0 Å². The molecule has 94 valence electrons. The Bertz CT molecular complexity index is 417. The van der Waals surface area contributed by atoms with E-state index < -0.39 is 0 Å². The standard InChI is InChI=1S/C14H18BrClO/c1-8(2)9(3)13(16)12-7-11(15)6-10-4-5-17-14(10)12/h6-9,13H,4-5H2,1-3H3. The molecule has 1 aliphatic heterocycles. The van der Waals surface area contributed by atoms with Gasteiger partial charge in [0, 0.05) is 16.5 Å². The summed E-state index contributed by atoms with van der Waals surface area (Å²) in [6.45, 7) is 7.39. The third-order valence-corrected chi connectivity index (χ3v) is 4.68. The van der Waals surface area contributed by atoms with E-state index in [1.54, 1.807) is 0 Å². The van der Waals surface area contributed by atoms with E-state index in [9.17, 15) is 0 Å². The minimum atomic E-state index is 0.0133. The second-order valence-electron chi connectivity index (χ2n) is 5.09. The van der Waals surface area contributed by atoms with E-state index in [0.717, 1.165) is 28.8 Å². The van der Waals surface area contributed by atoms with Crippen molar-refractivity contribution in [3.63, 3.8) is 0 Å². The molecule has 1 aliphatic rings. The first kappa shape index (κ1) is 13.2. The van der Waals surface area contributed by atoms with Crippen molar-refractivity contribution in [3.05, 3.63) is 27.7 Å². The second-order valence-corrected chi connectivity index (χ2v) is 6.47. The number of halogens is 2. The van der Waals surface area contributed by atoms with Crippen LogP contribution in [0.5, 0.6) is 5.75 Å². The minimum absolute atomic E-state index is 0.0133. The molecule has 0 saturated carbocycles. The summed E-state index contributed by atoms with van der Waals surface area (Å²) in [6, 6.07) is 4.23. The van der Waals surface area contributed by atoms with Crippen molar-refractivity contribution in [2.75, 3.05) is 6.61 Å². The van der Waals surface area contributed by atoms with Gasteiger partial charge in [0.25, 0.3) is 0 Å². The summed E-state index contributed by atoms with van der Waals surface area (Å²) in [5.41, 5.74) is 2.41. The quantitative estimate of drug-likeness (QED) is 0.716. The zero-order chi connectivity index (χ0) is 12.6. The molecule has 1 aromatic carbocycles. The van der Waals surface area contributed by atoms with Gasteiger partial charge < -0.3 is 4.74 Å². The molecule has 0 fully saturated rings. The SMILES string of the molecule is CC(C)C(C)C(Cl)c1cc(Br)cc2c1OCC2. The average Bonchev–Trinajstić information content (AvgIpc) is 2.73. The van der Waals surface area contributed by atoms with E-state index in [0.29, 0.717) is 11.8 Å². The van der Waals surface area contributed by atoms with Gasteiger partial charge >= 0.3 is 0 Å². The maximum Gasteiger partial charge on any atom is 0.127 e. The van der Waals surface area contributed by atoms with Gasteiger partial charge in [0.1, 0.15) is 5.75 Å². The Morgan fingerprint density at radius 2 is 2.00 bits per heavy atom. The summed E-state index contributed by atoms with van der Waals surface area (Å²) in [6.07, 6.45) is 0.988. The van der Waals surface area contributed by atoms with Crippen LogP contribution in [0, 0.1) is 11.8 Å². The predicted molar refractivity (Wildman–Crippen MR) is 75.9 cm³/mol. The predicted octanol–water partition coefficient (Wildman–Crippen LogP) is 4.96. The topological polar surface area (TPSA) is 9.23 Å². The van der Waals surface area contributed by atoms with E-state index in [1.807, 2.05) is 0 Å². The van der Waals surface area contributed by atoms with Crippen LogP contribution in [0.3, 0.4) is 0 Å². The number of ether oxygens (including phenoxy) is 1. The summed E-state index contributed by atoms with van der Waals surface area (Å²) in [5, 5.41) is 0.0133. The molecular formula is C14H18BrClO. The number of fused-ring (bicyclic) bond motifs is 1. The molecule has 2 unspecified atom stereocenters. The summed E-state index contributed by atoms with van der Waals surface area (Å²) in [4.78, 5) is 0. The van der Waals surface area contributed by atoms with Gasteiger partial charge in [0.2, 0.25) is 0 Å². The van der Waals surface area contributed by atoms with Crippen molar-refractivity contribution in [1.29, 1.82) is 0 Å². The second kappa shape index (κ2) is 5.19. The van der Waals surface area contributed by atoms with Crippen LogP contribution in [0.15, 0.2) is 16.6 Å². The highest BCUT2D eigenvalue weighted by Crippen LogP contribution is 2.43. The van der Waals surface area contributed by atoms with Crippen molar-refractivity contribution in [2.45, 2.75) is 32.6 Å². The first-order valence-electron chi connectivity index (χ1n) is 6.10. The fourth-order valence-electron chi connectivity index (χ4n) is 2.12. The molecule has 0 aromatic heterocycles. The van der Waals surface area contributed by atoms with Gasteiger partial charge in [-0.2, -0.15) is 0 Å². The van der Waals surface area contributed by atoms with Crippen LogP contribution in [0.2, 0.25) is 0 Å². The van der Waals surface area contributed by atoms with Gasteiger partial charge in [-0.25, -0.2) is 0 Å². The van der Waals surface area contributed by atoms with E-state index in [2.05, 4.69) is 48.8 Å². The zero-order valence-electron chi connectivity index (χ0n) is 10.5. The van der Waals surface area contributed by atoms with Crippen LogP contribution in [-0.4, -0.2) is 6.61 Å². The molecule has 0 aliphatic carbocycles. The lowest BCUT2D eigenvalue weighted by Gasteiger charge is -2.23. The van der Waals surface area contributed by atoms with Crippen molar-refractivity contribution in [3.8, 4) is 5.75 Å². The fraction of sp³-hybridized carbons (Fsp3) is 0.571. The van der Waals surface area contributed by atoms with Crippen LogP contribution in [0.4, 0.5) is 0 Å². The summed E-state index contributed by atoms with van der Waals surface area (Å²) in [7, 11) is 0. The normalized spacial score (nSPS) is 17.8. The van der Waals surface area contributed by atoms with Crippen LogP contribution in [0.25, 0.3) is 0 Å². The van der Waals surface area contributed by atoms with Crippen LogP contribution in [0.1, 0.15) is 37.3 Å². The van der Waals surface area contributed by atoms with E-state index in [-0.39, 0.29) is 5.38 Å². The molecule has 1 heterocycles. The molecule has 0 amide bonds. The zero-order valence-corrected chi connectivity index (χ0v) is 12.8. The lowest BCUT2D eigenvalue weighted by molar-refractivity contribution is 0.344. The first-order valence-corrected chi connectivity index (χ1v) is 7.33. The molecule has 0 radical (unpaired) electrons. The number of hydrogen-bond acceptors (Lipinski definition) is 1. The molecular weight excluding hydrogens is 300 g/mol. The molecule has 0 saturated heterocycles. The van der Waals surface area contributed by atoms with Crippen LogP contribution < -0.4 is 4.74 Å². The Morgan fingerprint density at radius 3 is 2.65 bits per heavy atom. The summed E-state index contributed by atoms with van der Waals surface area (Å²) < 4.78 is 6.83. The average molecular weight is 318 g/mol. The molecule has 0 spiro atoms. The Hall–Kier alpha value is -0.210. The highest BCUT2D eigenvalue weighted by atomic mass is 79.9. The number of alkyl halides is 1. The third-order valence-electron chi connectivity index (χ3n) is 3.59. The maximum atomic E-state index is 6.61. The van der Waals surface area contributed by atoms with Crippen molar-refractivity contribution in [1.82, 2.24) is 0 Å². The lowest BCUT2D eigenvalue weighted by atomic mass is 9.89. The summed E-state index contributed by atoms with van der Waals surface area (Å²) >= 11 is 10.2. The molecule has 0 N–H and O–H groups in total. The minimum Gasteiger partial charge on any atom is -0.493 e. The van der Waals surface area contributed by atoms with Gasteiger partial charge in [-0.1, -0.05) is 36.7 Å².